The molecule has 2 N–H and O–H groups in total. The maximum Gasteiger partial charge on any atom is 0.408 e. The van der Waals surface area contributed by atoms with E-state index in [9.17, 15) is 14.4 Å². The minimum Gasteiger partial charge on any atom is -0.469 e. The number of carbonyl (C=O) groups excluding carboxylic acids is 3. The van der Waals surface area contributed by atoms with Gasteiger partial charge in [0.1, 0.15) is 11.6 Å². The fourth-order valence-electron chi connectivity index (χ4n) is 1.62. The third kappa shape index (κ3) is 9.34. The predicted molar refractivity (Wildman–Crippen MR) is 82.2 cm³/mol. The fraction of sp³-hybridized carbons (Fsp3) is 0.733. The topological polar surface area (TPSA) is 118 Å². The SMILES string of the molecule is CCC(CC#N)NC(=O)[C@H](CC(=O)OC)NC(=O)OC(C)(C)C. The van der Waals surface area contributed by atoms with Crippen LogP contribution in [-0.2, 0) is 19.1 Å². The van der Waals surface area contributed by atoms with Crippen molar-refractivity contribution in [3.8, 4) is 6.07 Å². The summed E-state index contributed by atoms with van der Waals surface area (Å²) in [5.74, 6) is -1.21. The summed E-state index contributed by atoms with van der Waals surface area (Å²) in [6, 6.07) is 0.481. The van der Waals surface area contributed by atoms with Crippen LogP contribution in [-0.4, -0.2) is 42.8 Å². The van der Waals surface area contributed by atoms with E-state index in [4.69, 9.17) is 10.00 Å². The number of hydrogen-bond donors (Lipinski definition) is 2. The Labute approximate surface area is 136 Å². The molecule has 130 valence electrons. The normalized spacial score (nSPS) is 13.2. The summed E-state index contributed by atoms with van der Waals surface area (Å²) < 4.78 is 9.61. The number of amides is 2. The average molecular weight is 327 g/mol. The summed E-state index contributed by atoms with van der Waals surface area (Å²) in [6.45, 7) is 6.87. The number of nitriles is 1. The third-order valence-electron chi connectivity index (χ3n) is 2.78. The minimum atomic E-state index is -1.13. The van der Waals surface area contributed by atoms with E-state index in [1.54, 1.807) is 20.8 Å². The van der Waals surface area contributed by atoms with Gasteiger partial charge in [0.15, 0.2) is 0 Å². The van der Waals surface area contributed by atoms with Gasteiger partial charge in [0, 0.05) is 6.04 Å². The molecule has 0 saturated heterocycles. The molecule has 0 aliphatic rings. The molecule has 0 aromatic heterocycles. The van der Waals surface area contributed by atoms with Gasteiger partial charge in [-0.25, -0.2) is 4.79 Å². The summed E-state index contributed by atoms with van der Waals surface area (Å²) in [5.41, 5.74) is -0.733. The smallest absolute Gasteiger partial charge is 0.408 e. The van der Waals surface area contributed by atoms with Crippen molar-refractivity contribution in [2.75, 3.05) is 7.11 Å². The third-order valence-corrected chi connectivity index (χ3v) is 2.78. The molecule has 23 heavy (non-hydrogen) atoms. The van der Waals surface area contributed by atoms with Crippen molar-refractivity contribution in [3.63, 3.8) is 0 Å². The number of carbonyl (C=O) groups is 3. The Morgan fingerprint density at radius 2 is 1.83 bits per heavy atom. The number of alkyl carbamates (subject to hydrolysis) is 1. The van der Waals surface area contributed by atoms with Crippen LogP contribution >= 0.6 is 0 Å². The molecule has 8 nitrogen and oxygen atoms in total. The van der Waals surface area contributed by atoms with Crippen LogP contribution in [0.15, 0.2) is 0 Å². The number of hydrogen-bond acceptors (Lipinski definition) is 6. The fourth-order valence-corrected chi connectivity index (χ4v) is 1.62. The molecule has 2 amide bonds. The van der Waals surface area contributed by atoms with Gasteiger partial charge >= 0.3 is 12.1 Å². The highest BCUT2D eigenvalue weighted by atomic mass is 16.6. The van der Waals surface area contributed by atoms with Gasteiger partial charge in [0.25, 0.3) is 0 Å². The maximum atomic E-state index is 12.2. The number of ether oxygens (including phenoxy) is 2. The Morgan fingerprint density at radius 3 is 2.26 bits per heavy atom. The lowest BCUT2D eigenvalue weighted by atomic mass is 10.1. The van der Waals surface area contributed by atoms with Crippen LogP contribution in [0.25, 0.3) is 0 Å². The van der Waals surface area contributed by atoms with Crippen LogP contribution in [0.4, 0.5) is 4.79 Å². The monoisotopic (exact) mass is 327 g/mol. The van der Waals surface area contributed by atoms with Crippen LogP contribution in [0.2, 0.25) is 0 Å². The summed E-state index contributed by atoms with van der Waals surface area (Å²) in [5, 5.41) is 13.7. The van der Waals surface area contributed by atoms with E-state index in [2.05, 4.69) is 15.4 Å². The first-order valence-corrected chi connectivity index (χ1v) is 7.36. The lowest BCUT2D eigenvalue weighted by Gasteiger charge is -2.24. The number of nitrogens with zero attached hydrogens (tertiary/aromatic N) is 1. The molecule has 1 unspecified atom stereocenters. The molecule has 0 bridgehead atoms. The van der Waals surface area contributed by atoms with Crippen molar-refractivity contribution < 1.29 is 23.9 Å². The summed E-state index contributed by atoms with van der Waals surface area (Å²) >= 11 is 0. The molecule has 0 aliphatic heterocycles. The first-order chi connectivity index (χ1) is 10.6. The first-order valence-electron chi connectivity index (χ1n) is 7.36. The first kappa shape index (κ1) is 20.7. The van der Waals surface area contributed by atoms with Gasteiger partial charge in [-0.2, -0.15) is 5.26 Å². The number of rotatable bonds is 7. The van der Waals surface area contributed by atoms with E-state index >= 15 is 0 Å². The van der Waals surface area contributed by atoms with E-state index in [0.29, 0.717) is 6.42 Å². The Balaban J connectivity index is 4.92. The number of methoxy groups -OCH3 is 1. The quantitative estimate of drug-likeness (QED) is 0.680. The van der Waals surface area contributed by atoms with Crippen molar-refractivity contribution in [2.45, 2.75) is 64.6 Å². The van der Waals surface area contributed by atoms with Gasteiger partial charge in [-0.1, -0.05) is 6.92 Å². The minimum absolute atomic E-state index is 0.139. The molecule has 8 heteroatoms. The molecule has 0 aromatic rings. The van der Waals surface area contributed by atoms with Gasteiger partial charge in [-0.3, -0.25) is 9.59 Å². The Bertz CT molecular complexity index is 465. The Morgan fingerprint density at radius 1 is 1.22 bits per heavy atom. The van der Waals surface area contributed by atoms with Crippen molar-refractivity contribution >= 4 is 18.0 Å². The van der Waals surface area contributed by atoms with Gasteiger partial charge in [-0.15, -0.1) is 0 Å². The lowest BCUT2D eigenvalue weighted by Crippen LogP contribution is -2.51. The zero-order valence-corrected chi connectivity index (χ0v) is 14.3. The van der Waals surface area contributed by atoms with E-state index in [1.807, 2.05) is 13.0 Å². The van der Waals surface area contributed by atoms with Gasteiger partial charge in [-0.05, 0) is 27.2 Å². The zero-order chi connectivity index (χ0) is 18.0. The lowest BCUT2D eigenvalue weighted by molar-refractivity contribution is -0.143. The summed E-state index contributed by atoms with van der Waals surface area (Å²) in [6.07, 6.45) is -0.448. The van der Waals surface area contributed by atoms with Gasteiger partial charge in [0.2, 0.25) is 5.91 Å². The molecule has 0 saturated carbocycles. The number of esters is 1. The molecule has 0 heterocycles. The molecule has 0 fully saturated rings. The molecule has 0 spiro atoms. The predicted octanol–water partition coefficient (Wildman–Crippen LogP) is 1.25. The zero-order valence-electron chi connectivity index (χ0n) is 14.3. The van der Waals surface area contributed by atoms with Crippen LogP contribution in [0.1, 0.15) is 47.0 Å². The van der Waals surface area contributed by atoms with Crippen molar-refractivity contribution in [2.24, 2.45) is 0 Å². The van der Waals surface area contributed by atoms with Crippen LogP contribution in [0.3, 0.4) is 0 Å². The maximum absolute atomic E-state index is 12.2. The molecule has 2 atom stereocenters. The Hall–Kier alpha value is -2.30. The highest BCUT2D eigenvalue weighted by molar-refractivity contribution is 5.89. The van der Waals surface area contributed by atoms with E-state index in [1.165, 1.54) is 7.11 Å². The number of nitrogens with one attached hydrogen (secondary N) is 2. The van der Waals surface area contributed by atoms with Crippen LogP contribution in [0, 0.1) is 11.3 Å². The average Bonchev–Trinajstić information content (AvgIpc) is 2.43. The van der Waals surface area contributed by atoms with Crippen LogP contribution < -0.4 is 10.6 Å². The highest BCUT2D eigenvalue weighted by Gasteiger charge is 2.28. The molecule has 0 aromatic carbocycles. The largest absolute Gasteiger partial charge is 0.469 e. The highest BCUT2D eigenvalue weighted by Crippen LogP contribution is 2.08. The van der Waals surface area contributed by atoms with Gasteiger partial charge in [0.05, 0.1) is 26.0 Å². The second-order valence-corrected chi connectivity index (χ2v) is 5.96. The molecular weight excluding hydrogens is 302 g/mol. The standard InChI is InChI=1S/C15H25N3O5/c1-6-10(7-8-16)17-13(20)11(9-12(19)22-5)18-14(21)23-15(2,3)4/h10-11H,6-7,9H2,1-5H3,(H,17,20)(H,18,21)/t10?,11-/m0/s1. The van der Waals surface area contributed by atoms with Crippen molar-refractivity contribution in [1.82, 2.24) is 10.6 Å². The Kier molecular flexibility index (Phi) is 8.70. The van der Waals surface area contributed by atoms with Crippen LogP contribution in [0.5, 0.6) is 0 Å². The van der Waals surface area contributed by atoms with Crippen molar-refractivity contribution in [1.29, 1.82) is 5.26 Å². The van der Waals surface area contributed by atoms with Crippen molar-refractivity contribution in [3.05, 3.63) is 0 Å². The molecule has 0 radical (unpaired) electrons. The van der Waals surface area contributed by atoms with Gasteiger partial charge < -0.3 is 20.1 Å². The molecule has 0 rings (SSSR count). The van der Waals surface area contributed by atoms with E-state index < -0.39 is 29.6 Å². The second-order valence-electron chi connectivity index (χ2n) is 5.96. The summed E-state index contributed by atoms with van der Waals surface area (Å²) in [4.78, 5) is 35.5. The second kappa shape index (κ2) is 9.66. The molecular formula is C15H25N3O5. The summed E-state index contributed by atoms with van der Waals surface area (Å²) in [7, 11) is 1.19. The molecule has 0 aliphatic carbocycles. The van der Waals surface area contributed by atoms with E-state index in [-0.39, 0.29) is 18.9 Å². The van der Waals surface area contributed by atoms with E-state index in [0.717, 1.165) is 0 Å².